The third kappa shape index (κ3) is 2.11. The van der Waals surface area contributed by atoms with E-state index in [-0.39, 0.29) is 23.1 Å². The first kappa shape index (κ1) is 10.8. The number of nitrogens with zero attached hydrogens (tertiary/aromatic N) is 2. The van der Waals surface area contributed by atoms with Crippen LogP contribution in [0.5, 0.6) is 0 Å². The third-order valence-corrected chi connectivity index (χ3v) is 2.76. The highest BCUT2D eigenvalue weighted by Crippen LogP contribution is 2.31. The molecule has 1 saturated heterocycles. The van der Waals surface area contributed by atoms with Crippen LogP contribution in [-0.4, -0.2) is 16.1 Å². The molecule has 5 heteroatoms. The molecule has 0 radical (unpaired) electrons. The summed E-state index contributed by atoms with van der Waals surface area (Å²) in [4.78, 5) is 7.96. The lowest BCUT2D eigenvalue weighted by atomic mass is 10.2. The van der Waals surface area contributed by atoms with E-state index in [0.29, 0.717) is 5.82 Å². The van der Waals surface area contributed by atoms with Crippen molar-refractivity contribution in [3.05, 3.63) is 22.5 Å². The highest BCUT2D eigenvalue weighted by Gasteiger charge is 2.26. The SMILES string of the molecule is Cc1nc(C2CCC(C)O2)nc(Cl)c1F. The van der Waals surface area contributed by atoms with Crippen molar-refractivity contribution in [2.24, 2.45) is 0 Å². The fourth-order valence-corrected chi connectivity index (χ4v) is 1.90. The van der Waals surface area contributed by atoms with E-state index in [1.807, 2.05) is 6.92 Å². The predicted molar refractivity (Wildman–Crippen MR) is 54.3 cm³/mol. The van der Waals surface area contributed by atoms with Crippen molar-refractivity contribution >= 4 is 11.6 Å². The van der Waals surface area contributed by atoms with Crippen LogP contribution in [0.25, 0.3) is 0 Å². The highest BCUT2D eigenvalue weighted by atomic mass is 35.5. The van der Waals surface area contributed by atoms with E-state index in [1.54, 1.807) is 6.92 Å². The van der Waals surface area contributed by atoms with E-state index in [1.165, 1.54) is 0 Å². The van der Waals surface area contributed by atoms with Crippen molar-refractivity contribution in [3.8, 4) is 0 Å². The zero-order chi connectivity index (χ0) is 11.0. The van der Waals surface area contributed by atoms with Gasteiger partial charge in [0.15, 0.2) is 16.8 Å². The maximum Gasteiger partial charge on any atom is 0.181 e. The Kier molecular flexibility index (Phi) is 2.89. The molecule has 0 saturated carbocycles. The molecule has 0 amide bonds. The Morgan fingerprint density at radius 3 is 2.67 bits per heavy atom. The van der Waals surface area contributed by atoms with Gasteiger partial charge in [0.2, 0.25) is 0 Å². The molecule has 2 unspecified atom stereocenters. The summed E-state index contributed by atoms with van der Waals surface area (Å²) in [6.45, 7) is 3.57. The number of hydrogen-bond donors (Lipinski definition) is 0. The first-order valence-electron chi connectivity index (χ1n) is 4.93. The molecule has 82 valence electrons. The van der Waals surface area contributed by atoms with Crippen LogP contribution in [0.1, 0.15) is 37.4 Å². The average molecular weight is 231 g/mol. The first-order valence-corrected chi connectivity index (χ1v) is 5.30. The van der Waals surface area contributed by atoms with Crippen LogP contribution >= 0.6 is 11.6 Å². The minimum absolute atomic E-state index is 0.124. The molecule has 1 aromatic rings. The molecule has 1 aromatic heterocycles. The minimum Gasteiger partial charge on any atom is -0.367 e. The molecule has 15 heavy (non-hydrogen) atoms. The standard InChI is InChI=1S/C10H12ClFN2O/c1-5-3-4-7(15-5)10-13-6(2)8(12)9(11)14-10/h5,7H,3-4H2,1-2H3. The van der Waals surface area contributed by atoms with Gasteiger partial charge in [-0.2, -0.15) is 0 Å². The minimum atomic E-state index is -0.550. The molecule has 1 aliphatic heterocycles. The Bertz CT molecular complexity index is 363. The summed E-state index contributed by atoms with van der Waals surface area (Å²) < 4.78 is 18.8. The number of ether oxygens (including phenoxy) is 1. The quantitative estimate of drug-likeness (QED) is 0.696. The van der Waals surface area contributed by atoms with Gasteiger partial charge in [0.05, 0.1) is 11.8 Å². The molecule has 2 rings (SSSR count). The highest BCUT2D eigenvalue weighted by molar-refractivity contribution is 6.29. The maximum atomic E-state index is 13.2. The lowest BCUT2D eigenvalue weighted by Crippen LogP contribution is -2.08. The zero-order valence-electron chi connectivity index (χ0n) is 8.63. The molecular formula is C10H12ClFN2O. The fraction of sp³-hybridized carbons (Fsp3) is 0.600. The van der Waals surface area contributed by atoms with Crippen molar-refractivity contribution < 1.29 is 9.13 Å². The third-order valence-electron chi connectivity index (χ3n) is 2.51. The predicted octanol–water partition coefficient (Wildman–Crippen LogP) is 2.82. The van der Waals surface area contributed by atoms with Crippen molar-refractivity contribution in [2.75, 3.05) is 0 Å². The van der Waals surface area contributed by atoms with Gasteiger partial charge in [0, 0.05) is 0 Å². The Labute approximate surface area is 92.6 Å². The number of halogens is 2. The van der Waals surface area contributed by atoms with E-state index in [4.69, 9.17) is 16.3 Å². The number of aryl methyl sites for hydroxylation is 1. The Balaban J connectivity index is 2.29. The summed E-state index contributed by atoms with van der Waals surface area (Å²) in [5, 5.41) is -0.124. The molecular weight excluding hydrogens is 219 g/mol. The van der Waals surface area contributed by atoms with Crippen molar-refractivity contribution in [3.63, 3.8) is 0 Å². The van der Waals surface area contributed by atoms with Gasteiger partial charge in [-0.3, -0.25) is 0 Å². The van der Waals surface area contributed by atoms with Crippen molar-refractivity contribution in [2.45, 2.75) is 38.9 Å². The monoisotopic (exact) mass is 230 g/mol. The second kappa shape index (κ2) is 4.02. The second-order valence-electron chi connectivity index (χ2n) is 3.78. The number of hydrogen-bond acceptors (Lipinski definition) is 3. The van der Waals surface area contributed by atoms with Crippen LogP contribution in [0.2, 0.25) is 5.15 Å². The van der Waals surface area contributed by atoms with Crippen LogP contribution in [0.4, 0.5) is 4.39 Å². The van der Waals surface area contributed by atoms with E-state index >= 15 is 0 Å². The lowest BCUT2D eigenvalue weighted by molar-refractivity contribution is 0.0500. The molecule has 0 aliphatic carbocycles. The van der Waals surface area contributed by atoms with Gasteiger partial charge in [-0.1, -0.05) is 11.6 Å². The summed E-state index contributed by atoms with van der Waals surface area (Å²) in [5.41, 5.74) is 0.271. The van der Waals surface area contributed by atoms with Gasteiger partial charge >= 0.3 is 0 Å². The van der Waals surface area contributed by atoms with Crippen LogP contribution < -0.4 is 0 Å². The number of aromatic nitrogens is 2. The maximum absolute atomic E-state index is 13.2. The van der Waals surface area contributed by atoms with Gasteiger partial charge in [-0.15, -0.1) is 0 Å². The van der Waals surface area contributed by atoms with Gasteiger partial charge < -0.3 is 4.74 Å². The Morgan fingerprint density at radius 2 is 2.13 bits per heavy atom. The van der Waals surface area contributed by atoms with Gasteiger partial charge in [-0.05, 0) is 26.7 Å². The molecule has 0 bridgehead atoms. The largest absolute Gasteiger partial charge is 0.367 e. The second-order valence-corrected chi connectivity index (χ2v) is 4.14. The van der Waals surface area contributed by atoms with Gasteiger partial charge in [0.1, 0.15) is 6.10 Å². The molecule has 3 nitrogen and oxygen atoms in total. The van der Waals surface area contributed by atoms with Crippen molar-refractivity contribution in [1.82, 2.24) is 9.97 Å². The zero-order valence-corrected chi connectivity index (χ0v) is 9.38. The molecule has 1 aliphatic rings. The molecule has 0 spiro atoms. The van der Waals surface area contributed by atoms with Gasteiger partial charge in [0.25, 0.3) is 0 Å². The molecule has 2 heterocycles. The van der Waals surface area contributed by atoms with Crippen molar-refractivity contribution in [1.29, 1.82) is 0 Å². The topological polar surface area (TPSA) is 35.0 Å². The Morgan fingerprint density at radius 1 is 1.40 bits per heavy atom. The number of rotatable bonds is 1. The van der Waals surface area contributed by atoms with E-state index < -0.39 is 5.82 Å². The average Bonchev–Trinajstić information content (AvgIpc) is 2.60. The van der Waals surface area contributed by atoms with E-state index in [0.717, 1.165) is 12.8 Å². The summed E-state index contributed by atoms with van der Waals surface area (Å²) in [7, 11) is 0. The summed E-state index contributed by atoms with van der Waals surface area (Å²) in [5.74, 6) is -0.0605. The smallest absolute Gasteiger partial charge is 0.181 e. The normalized spacial score (nSPS) is 25.9. The van der Waals surface area contributed by atoms with Crippen LogP contribution in [-0.2, 0) is 4.74 Å². The van der Waals surface area contributed by atoms with Crippen LogP contribution in [0.3, 0.4) is 0 Å². The lowest BCUT2D eigenvalue weighted by Gasteiger charge is -2.10. The molecule has 0 N–H and O–H groups in total. The summed E-state index contributed by atoms with van der Waals surface area (Å²) >= 11 is 5.65. The van der Waals surface area contributed by atoms with E-state index in [9.17, 15) is 4.39 Å². The Hall–Kier alpha value is -0.740. The van der Waals surface area contributed by atoms with E-state index in [2.05, 4.69) is 9.97 Å². The summed E-state index contributed by atoms with van der Waals surface area (Å²) in [6.07, 6.45) is 1.91. The fourth-order valence-electron chi connectivity index (χ4n) is 1.68. The molecule has 1 fully saturated rings. The summed E-state index contributed by atoms with van der Waals surface area (Å²) in [6, 6.07) is 0. The molecule has 2 atom stereocenters. The first-order chi connectivity index (χ1) is 7.08. The molecule has 0 aromatic carbocycles. The van der Waals surface area contributed by atoms with Crippen LogP contribution in [0.15, 0.2) is 0 Å². The van der Waals surface area contributed by atoms with Gasteiger partial charge in [-0.25, -0.2) is 14.4 Å². The van der Waals surface area contributed by atoms with Crippen LogP contribution in [0, 0.1) is 12.7 Å².